The Morgan fingerprint density at radius 3 is 2.60 bits per heavy atom. The Morgan fingerprint density at radius 1 is 2.00 bits per heavy atom. The van der Waals surface area contributed by atoms with Gasteiger partial charge in [-0.15, -0.1) is 0 Å². The van der Waals surface area contributed by atoms with E-state index in [2.05, 4.69) is 4.31 Å². The fraction of sp³-hybridized carbons (Fsp3) is 0. The van der Waals surface area contributed by atoms with Crippen LogP contribution >= 0.6 is 17.6 Å². The largest absolute Gasteiger partial charge is 0.331 e. The monoisotopic (exact) mass is 111 g/mol. The van der Waals surface area contributed by atoms with Gasteiger partial charge in [0, 0.05) is 0 Å². The van der Waals surface area contributed by atoms with Crippen LogP contribution in [0.3, 0.4) is 0 Å². The first-order valence-electron chi connectivity index (χ1n) is 0.858. The molecule has 0 aliphatic rings. The van der Waals surface area contributed by atoms with E-state index in [0.29, 0.717) is 0 Å². The zero-order chi connectivity index (χ0) is 4.12. The van der Waals surface area contributed by atoms with Crippen LogP contribution in [0.15, 0.2) is 0 Å². The topological polar surface area (TPSA) is 52.3 Å². The lowest BCUT2D eigenvalue weighted by atomic mass is 13.9. The van der Waals surface area contributed by atoms with Crippen LogP contribution in [-0.2, 0) is 8.88 Å². The Kier molecular flexibility index (Phi) is 4.85. The third-order valence-electron chi connectivity index (χ3n) is 0.0900. The molecule has 0 rings (SSSR count). The maximum atomic E-state index is 9.21. The van der Waals surface area contributed by atoms with Gasteiger partial charge in [-0.1, -0.05) is 0 Å². The smallest absolute Gasteiger partial charge is 0.289 e. The SMILES string of the molecule is NPOP=O. The van der Waals surface area contributed by atoms with E-state index >= 15 is 0 Å². The maximum absolute atomic E-state index is 9.21. The van der Waals surface area contributed by atoms with E-state index in [1.54, 1.807) is 0 Å². The molecule has 0 amide bonds. The molecule has 1 atom stereocenters. The minimum Gasteiger partial charge on any atom is -0.289 e. The molecular formula is H3NO2P2. The molecule has 0 aliphatic carbocycles. The van der Waals surface area contributed by atoms with Crippen LogP contribution < -0.4 is 5.50 Å². The summed E-state index contributed by atoms with van der Waals surface area (Å²) in [6.07, 6.45) is 0. The Labute approximate surface area is 33.1 Å². The van der Waals surface area contributed by atoms with E-state index < -0.39 is 0 Å². The van der Waals surface area contributed by atoms with Crippen LogP contribution in [0.4, 0.5) is 0 Å². The first kappa shape index (κ1) is 5.45. The highest BCUT2D eigenvalue weighted by Gasteiger charge is 1.65. The molecule has 0 aliphatic heterocycles. The van der Waals surface area contributed by atoms with Crippen molar-refractivity contribution >= 4 is 17.6 Å². The molecule has 0 fully saturated rings. The van der Waals surface area contributed by atoms with Crippen LogP contribution in [0.5, 0.6) is 0 Å². The van der Waals surface area contributed by atoms with Gasteiger partial charge in [0.15, 0.2) is 0 Å². The van der Waals surface area contributed by atoms with Crippen LogP contribution in [0.25, 0.3) is 0 Å². The van der Waals surface area contributed by atoms with Crippen molar-refractivity contribution in [2.24, 2.45) is 5.50 Å². The van der Waals surface area contributed by atoms with Crippen LogP contribution in [-0.4, -0.2) is 0 Å². The Hall–Kier alpha value is 0.450. The average molecular weight is 111 g/mol. The van der Waals surface area contributed by atoms with Gasteiger partial charge in [0.2, 0.25) is 0 Å². The summed E-state index contributed by atoms with van der Waals surface area (Å²) in [6.45, 7) is 0. The van der Waals surface area contributed by atoms with Crippen LogP contribution in [0.1, 0.15) is 0 Å². The predicted molar refractivity (Wildman–Crippen MR) is 21.2 cm³/mol. The molecule has 0 saturated heterocycles. The summed E-state index contributed by atoms with van der Waals surface area (Å²) in [7, 11) is -0.500. The molecule has 0 aromatic heterocycles. The molecule has 0 spiro atoms. The molecule has 0 heterocycles. The quantitative estimate of drug-likeness (QED) is 0.533. The van der Waals surface area contributed by atoms with Gasteiger partial charge in [-0.2, -0.15) is 0 Å². The standard InChI is InChI=1S/H3NO2P2/c1-4-3-5-2/h4H,1H2. The van der Waals surface area contributed by atoms with Crippen molar-refractivity contribution in [3.8, 4) is 0 Å². The van der Waals surface area contributed by atoms with Gasteiger partial charge in [-0.25, -0.2) is 4.57 Å². The Morgan fingerprint density at radius 2 is 2.60 bits per heavy atom. The molecule has 0 bridgehead atoms. The molecule has 5 heavy (non-hydrogen) atoms. The van der Waals surface area contributed by atoms with Gasteiger partial charge >= 0.3 is 8.69 Å². The lowest BCUT2D eigenvalue weighted by Crippen LogP contribution is -1.64. The van der Waals surface area contributed by atoms with Crippen molar-refractivity contribution in [3.63, 3.8) is 0 Å². The summed E-state index contributed by atoms with van der Waals surface area (Å²) < 4.78 is 13.3. The van der Waals surface area contributed by atoms with Gasteiger partial charge in [0.1, 0.15) is 0 Å². The number of hydrogen-bond donors (Lipinski definition) is 1. The van der Waals surface area contributed by atoms with Gasteiger partial charge < -0.3 is 0 Å². The Balaban J connectivity index is 2.40. The minimum atomic E-state index is -0.333. The second-order valence-corrected chi connectivity index (χ2v) is 1.40. The summed E-state index contributed by atoms with van der Waals surface area (Å²) in [6, 6.07) is 0. The summed E-state index contributed by atoms with van der Waals surface area (Å²) in [5.74, 6) is 0. The number of rotatable bonds is 2. The number of hydrogen-bond acceptors (Lipinski definition) is 3. The van der Waals surface area contributed by atoms with E-state index in [4.69, 9.17) is 5.50 Å². The molecule has 3 nitrogen and oxygen atoms in total. The highest BCUT2D eigenvalue weighted by molar-refractivity contribution is 7.38. The van der Waals surface area contributed by atoms with Gasteiger partial charge in [-0.3, -0.25) is 9.81 Å². The zero-order valence-corrected chi connectivity index (χ0v) is 4.24. The fourth-order valence-electron chi connectivity index (χ4n) is 0.0215. The minimum absolute atomic E-state index is 0.167. The predicted octanol–water partition coefficient (Wildman–Crippen LogP) is 0.677. The molecule has 0 aromatic rings. The summed E-state index contributed by atoms with van der Waals surface area (Å²) in [5.41, 5.74) is 4.74. The molecular weight excluding hydrogens is 108 g/mol. The molecule has 0 saturated carbocycles. The first-order valence-corrected chi connectivity index (χ1v) is 2.57. The van der Waals surface area contributed by atoms with E-state index in [1.165, 1.54) is 0 Å². The molecule has 30 valence electrons. The van der Waals surface area contributed by atoms with Crippen molar-refractivity contribution in [1.29, 1.82) is 0 Å². The highest BCUT2D eigenvalue weighted by Crippen LogP contribution is 2.07. The van der Waals surface area contributed by atoms with E-state index in [9.17, 15) is 4.57 Å². The first-order chi connectivity index (χ1) is 2.41. The van der Waals surface area contributed by atoms with Crippen molar-refractivity contribution < 1.29 is 8.88 Å². The highest BCUT2D eigenvalue weighted by atomic mass is 31.2. The van der Waals surface area contributed by atoms with Gasteiger partial charge in [0.25, 0.3) is 0 Å². The van der Waals surface area contributed by atoms with E-state index in [0.717, 1.165) is 0 Å². The fourth-order valence-corrected chi connectivity index (χ4v) is 0.194. The second-order valence-electron chi connectivity index (χ2n) is 0.284. The lowest BCUT2D eigenvalue weighted by Gasteiger charge is -1.72. The van der Waals surface area contributed by atoms with Gasteiger partial charge in [-0.05, 0) is 0 Å². The van der Waals surface area contributed by atoms with Crippen molar-refractivity contribution in [2.75, 3.05) is 0 Å². The summed E-state index contributed by atoms with van der Waals surface area (Å²) >= 11 is 0. The van der Waals surface area contributed by atoms with E-state index in [-0.39, 0.29) is 17.6 Å². The molecule has 5 heteroatoms. The lowest BCUT2D eigenvalue weighted by molar-refractivity contribution is 0.549. The molecule has 0 aromatic carbocycles. The molecule has 2 N–H and O–H groups in total. The third kappa shape index (κ3) is 4.45. The van der Waals surface area contributed by atoms with Crippen LogP contribution in [0.2, 0.25) is 0 Å². The van der Waals surface area contributed by atoms with Crippen molar-refractivity contribution in [3.05, 3.63) is 0 Å². The molecule has 0 radical (unpaired) electrons. The number of nitrogens with two attached hydrogens (primary N) is 1. The molecule has 1 unspecified atom stereocenters. The maximum Gasteiger partial charge on any atom is 0.331 e. The van der Waals surface area contributed by atoms with Crippen molar-refractivity contribution in [2.45, 2.75) is 0 Å². The van der Waals surface area contributed by atoms with E-state index in [1.807, 2.05) is 0 Å². The van der Waals surface area contributed by atoms with Crippen molar-refractivity contribution in [1.82, 2.24) is 0 Å². The van der Waals surface area contributed by atoms with Crippen LogP contribution in [0, 0.1) is 0 Å². The zero-order valence-electron chi connectivity index (χ0n) is 2.34. The Bertz CT molecular complexity index is 28.8. The normalized spacial score (nSPS) is 11.4. The third-order valence-corrected chi connectivity index (χ3v) is 0.810. The average Bonchev–Trinajstić information content (AvgIpc) is 1.41. The second kappa shape index (κ2) is 4.45. The summed E-state index contributed by atoms with van der Waals surface area (Å²) in [5, 5.41) is 0. The van der Waals surface area contributed by atoms with Gasteiger partial charge in [0.05, 0.1) is 8.96 Å². The summed E-state index contributed by atoms with van der Waals surface area (Å²) in [4.78, 5) is 0.